The summed E-state index contributed by atoms with van der Waals surface area (Å²) in [6.07, 6.45) is -2.64. The van der Waals surface area contributed by atoms with Crippen LogP contribution in [-0.2, 0) is 9.53 Å². The van der Waals surface area contributed by atoms with Gasteiger partial charge in [0.05, 0.1) is 18.7 Å². The fourth-order valence-corrected chi connectivity index (χ4v) is 2.43. The summed E-state index contributed by atoms with van der Waals surface area (Å²) in [5.41, 5.74) is -1.15. The monoisotopic (exact) mass is 341 g/mol. The Balaban J connectivity index is 2.15. The fourth-order valence-electron chi connectivity index (χ4n) is 2.43. The van der Waals surface area contributed by atoms with E-state index in [9.17, 15) is 18.0 Å². The highest BCUT2D eigenvalue weighted by Crippen LogP contribution is 2.30. The highest BCUT2D eigenvalue weighted by atomic mass is 19.4. The molecule has 1 aliphatic rings. The van der Waals surface area contributed by atoms with Crippen LogP contribution in [0.3, 0.4) is 0 Å². The third kappa shape index (κ3) is 4.12. The third-order valence-electron chi connectivity index (χ3n) is 3.85. The van der Waals surface area contributed by atoms with Gasteiger partial charge < -0.3 is 10.1 Å². The number of aromatic nitrogens is 1. The number of ether oxygens (including phenoxy) is 1. The second kappa shape index (κ2) is 7.02. The molecule has 24 heavy (non-hydrogen) atoms. The molecule has 1 saturated carbocycles. The molecule has 0 aliphatic heterocycles. The molecule has 2 N–H and O–H groups in total. The maximum Gasteiger partial charge on any atom is 0.433 e. The van der Waals surface area contributed by atoms with Crippen molar-refractivity contribution < 1.29 is 22.7 Å². The van der Waals surface area contributed by atoms with E-state index in [1.165, 1.54) is 13.2 Å². The number of allylic oxidation sites excluding steroid dienone is 1. The molecule has 2 rings (SSSR count). The van der Waals surface area contributed by atoms with Crippen molar-refractivity contribution in [2.75, 3.05) is 7.11 Å². The zero-order chi connectivity index (χ0) is 17.9. The maximum absolute atomic E-state index is 12.9. The Kier molecular flexibility index (Phi) is 5.26. The lowest BCUT2D eigenvalue weighted by Crippen LogP contribution is -2.42. The maximum atomic E-state index is 12.9. The summed E-state index contributed by atoms with van der Waals surface area (Å²) in [6, 6.07) is 4.55. The topological polar surface area (TPSA) is 75.1 Å². The standard InChI is InChI=1S/C16H18F3N3O2/c1-9-4-3-5-13(22-9)12(14(20)16(17,18)19)8-21-11-6-10(7-11)15(23)24-2/h3-5,8,10-11,20-21H,6-7H2,1-2H3/b12-8-,20-14?/t10-,11-. The van der Waals surface area contributed by atoms with Gasteiger partial charge >= 0.3 is 12.1 Å². The van der Waals surface area contributed by atoms with E-state index in [1.807, 2.05) is 0 Å². The van der Waals surface area contributed by atoms with Crippen molar-refractivity contribution in [3.63, 3.8) is 0 Å². The van der Waals surface area contributed by atoms with E-state index < -0.39 is 11.9 Å². The van der Waals surface area contributed by atoms with Crippen LogP contribution in [0.15, 0.2) is 24.4 Å². The summed E-state index contributed by atoms with van der Waals surface area (Å²) in [4.78, 5) is 15.4. The van der Waals surface area contributed by atoms with Crippen LogP contribution in [-0.4, -0.2) is 36.0 Å². The van der Waals surface area contributed by atoms with Gasteiger partial charge in [0.1, 0.15) is 5.71 Å². The predicted octanol–water partition coefficient (Wildman–Crippen LogP) is 2.85. The summed E-state index contributed by atoms with van der Waals surface area (Å²) in [5.74, 6) is -0.552. The number of nitrogens with one attached hydrogen (secondary N) is 2. The smallest absolute Gasteiger partial charge is 0.433 e. The molecule has 1 aliphatic carbocycles. The third-order valence-corrected chi connectivity index (χ3v) is 3.85. The number of carbonyl (C=O) groups is 1. The average molecular weight is 341 g/mol. The van der Waals surface area contributed by atoms with Gasteiger partial charge in [-0.05, 0) is 31.9 Å². The molecule has 0 unspecified atom stereocenters. The van der Waals surface area contributed by atoms with Crippen LogP contribution in [0.4, 0.5) is 13.2 Å². The number of alkyl halides is 3. The van der Waals surface area contributed by atoms with Gasteiger partial charge in [0.25, 0.3) is 0 Å². The van der Waals surface area contributed by atoms with Crippen molar-refractivity contribution in [2.24, 2.45) is 5.92 Å². The largest absolute Gasteiger partial charge is 0.469 e. The van der Waals surface area contributed by atoms with Crippen molar-refractivity contribution in [1.82, 2.24) is 10.3 Å². The Morgan fingerprint density at radius 1 is 1.42 bits per heavy atom. The van der Waals surface area contributed by atoms with Crippen molar-refractivity contribution in [2.45, 2.75) is 32.0 Å². The Hall–Kier alpha value is -2.38. The first-order chi connectivity index (χ1) is 11.2. The molecular formula is C16H18F3N3O2. The minimum atomic E-state index is -4.77. The van der Waals surface area contributed by atoms with Gasteiger partial charge in [-0.1, -0.05) is 6.07 Å². The van der Waals surface area contributed by atoms with E-state index in [-0.39, 0.29) is 29.2 Å². The number of rotatable bonds is 5. The van der Waals surface area contributed by atoms with E-state index in [4.69, 9.17) is 5.41 Å². The minimum Gasteiger partial charge on any atom is -0.469 e. The molecule has 0 radical (unpaired) electrons. The van der Waals surface area contributed by atoms with Gasteiger partial charge in [-0.3, -0.25) is 15.2 Å². The molecule has 0 amide bonds. The second-order valence-electron chi connectivity index (χ2n) is 5.65. The van der Waals surface area contributed by atoms with Gasteiger partial charge in [0, 0.05) is 23.5 Å². The van der Waals surface area contributed by atoms with E-state index in [2.05, 4.69) is 15.0 Å². The SMILES string of the molecule is COC(=O)[C@H]1C[C@H](N/C=C(\C(=N)C(F)(F)F)c2cccc(C)n2)C1. The van der Waals surface area contributed by atoms with Gasteiger partial charge in [0.2, 0.25) is 0 Å². The number of hydrogen-bond donors (Lipinski definition) is 2. The lowest BCUT2D eigenvalue weighted by Gasteiger charge is -2.33. The average Bonchev–Trinajstić information content (AvgIpc) is 2.47. The molecule has 0 aromatic carbocycles. The molecule has 130 valence electrons. The molecular weight excluding hydrogens is 323 g/mol. The van der Waals surface area contributed by atoms with E-state index in [0.29, 0.717) is 18.5 Å². The highest BCUT2D eigenvalue weighted by Gasteiger charge is 2.38. The van der Waals surface area contributed by atoms with Gasteiger partial charge in [-0.25, -0.2) is 0 Å². The number of halogens is 3. The van der Waals surface area contributed by atoms with Gasteiger partial charge in [0.15, 0.2) is 0 Å². The van der Waals surface area contributed by atoms with E-state index in [0.717, 1.165) is 6.20 Å². The first kappa shape index (κ1) is 18.0. The summed E-state index contributed by atoms with van der Waals surface area (Å²) in [7, 11) is 1.30. The predicted molar refractivity (Wildman–Crippen MR) is 82.4 cm³/mol. The number of pyridine rings is 1. The number of methoxy groups -OCH3 is 1. The van der Waals surface area contributed by atoms with Gasteiger partial charge in [-0.2, -0.15) is 13.2 Å². The summed E-state index contributed by atoms with van der Waals surface area (Å²) >= 11 is 0. The minimum absolute atomic E-state index is 0.0775. The van der Waals surface area contributed by atoms with Crippen molar-refractivity contribution in [1.29, 1.82) is 5.41 Å². The molecule has 0 atom stereocenters. The Morgan fingerprint density at radius 2 is 2.08 bits per heavy atom. The zero-order valence-corrected chi connectivity index (χ0v) is 13.3. The highest BCUT2D eigenvalue weighted by molar-refractivity contribution is 6.24. The second-order valence-corrected chi connectivity index (χ2v) is 5.65. The molecule has 1 heterocycles. The first-order valence-electron chi connectivity index (χ1n) is 7.36. The lowest BCUT2D eigenvalue weighted by atomic mass is 9.80. The van der Waals surface area contributed by atoms with Crippen molar-refractivity contribution >= 4 is 17.3 Å². The van der Waals surface area contributed by atoms with Crippen LogP contribution in [0.1, 0.15) is 24.2 Å². The van der Waals surface area contributed by atoms with E-state index >= 15 is 0 Å². The van der Waals surface area contributed by atoms with Crippen molar-refractivity contribution in [3.05, 3.63) is 35.8 Å². The molecule has 0 bridgehead atoms. The first-order valence-corrected chi connectivity index (χ1v) is 7.36. The molecule has 1 aromatic rings. The van der Waals surface area contributed by atoms with Crippen LogP contribution in [0.5, 0.6) is 0 Å². The van der Waals surface area contributed by atoms with Crippen LogP contribution >= 0.6 is 0 Å². The molecule has 1 fully saturated rings. The molecule has 5 nitrogen and oxygen atoms in total. The van der Waals surface area contributed by atoms with Crippen LogP contribution in [0, 0.1) is 18.3 Å². The molecule has 0 spiro atoms. The summed E-state index contributed by atoms with van der Waals surface area (Å²) in [5, 5.41) is 10.3. The van der Waals surface area contributed by atoms with Gasteiger partial charge in [-0.15, -0.1) is 0 Å². The fraction of sp³-hybridized carbons (Fsp3) is 0.438. The van der Waals surface area contributed by atoms with Crippen LogP contribution in [0.25, 0.3) is 5.57 Å². The molecule has 0 saturated heterocycles. The van der Waals surface area contributed by atoms with E-state index in [1.54, 1.807) is 19.1 Å². The summed E-state index contributed by atoms with van der Waals surface area (Å²) in [6.45, 7) is 1.67. The Bertz CT molecular complexity index is 665. The Labute approximate surface area is 137 Å². The van der Waals surface area contributed by atoms with Crippen LogP contribution in [0.2, 0.25) is 0 Å². The lowest BCUT2D eigenvalue weighted by molar-refractivity contribution is -0.149. The zero-order valence-electron chi connectivity index (χ0n) is 13.3. The van der Waals surface area contributed by atoms with Crippen molar-refractivity contribution in [3.8, 4) is 0 Å². The normalized spacial score (nSPS) is 21.0. The number of aryl methyl sites for hydroxylation is 1. The quantitative estimate of drug-likeness (QED) is 0.638. The molecule has 8 heteroatoms. The Morgan fingerprint density at radius 3 is 2.62 bits per heavy atom. The molecule has 1 aromatic heterocycles. The number of carbonyl (C=O) groups excluding carboxylic acids is 1. The summed E-state index contributed by atoms with van der Waals surface area (Å²) < 4.78 is 43.4. The number of esters is 1. The number of hydrogen-bond acceptors (Lipinski definition) is 5. The van der Waals surface area contributed by atoms with Crippen LogP contribution < -0.4 is 5.32 Å². The number of nitrogens with zero attached hydrogens (tertiary/aromatic N) is 1.